The summed E-state index contributed by atoms with van der Waals surface area (Å²) in [7, 11) is 0. The zero-order valence-corrected chi connectivity index (χ0v) is 21.3. The van der Waals surface area contributed by atoms with Gasteiger partial charge in [-0.05, 0) is 31.7 Å². The summed E-state index contributed by atoms with van der Waals surface area (Å²) < 4.78 is 11.8. The molecule has 8 heteroatoms. The highest BCUT2D eigenvalue weighted by atomic mass is 16.6. The van der Waals surface area contributed by atoms with Gasteiger partial charge in [-0.3, -0.25) is 14.4 Å². The number of carbonyl (C=O) groups is 3. The number of amides is 2. The van der Waals surface area contributed by atoms with Crippen molar-refractivity contribution < 1.29 is 29.0 Å². The van der Waals surface area contributed by atoms with E-state index in [0.29, 0.717) is 25.9 Å². The van der Waals surface area contributed by atoms with Gasteiger partial charge < -0.3 is 24.4 Å². The van der Waals surface area contributed by atoms with Crippen LogP contribution < -0.4 is 0 Å². The lowest BCUT2D eigenvalue weighted by Crippen LogP contribution is -2.57. The third-order valence-corrected chi connectivity index (χ3v) is 7.92. The number of aliphatic hydroxyl groups is 1. The van der Waals surface area contributed by atoms with E-state index in [2.05, 4.69) is 13.5 Å². The van der Waals surface area contributed by atoms with Crippen LogP contribution in [0.3, 0.4) is 0 Å². The number of aliphatic hydroxyl groups excluding tert-OH is 1. The van der Waals surface area contributed by atoms with Crippen molar-refractivity contribution in [3.05, 3.63) is 48.6 Å². The largest absolute Gasteiger partial charge is 0.466 e. The molecule has 0 saturated carbocycles. The van der Waals surface area contributed by atoms with Crippen molar-refractivity contribution >= 4 is 17.8 Å². The van der Waals surface area contributed by atoms with Crippen LogP contribution in [0.1, 0.15) is 57.6 Å². The predicted molar refractivity (Wildman–Crippen MR) is 134 cm³/mol. The third kappa shape index (κ3) is 4.34. The van der Waals surface area contributed by atoms with Crippen molar-refractivity contribution in [1.82, 2.24) is 9.80 Å². The topological polar surface area (TPSA) is 96.4 Å². The maximum Gasteiger partial charge on any atom is 0.312 e. The zero-order valence-electron chi connectivity index (χ0n) is 21.3. The average molecular weight is 499 g/mol. The van der Waals surface area contributed by atoms with Gasteiger partial charge in [0.25, 0.3) is 0 Å². The van der Waals surface area contributed by atoms with Gasteiger partial charge >= 0.3 is 5.97 Å². The number of hydrogen-bond donors (Lipinski definition) is 1. The highest BCUT2D eigenvalue weighted by Gasteiger charge is 2.75. The van der Waals surface area contributed by atoms with Crippen LogP contribution in [0.15, 0.2) is 43.0 Å². The first-order valence-electron chi connectivity index (χ1n) is 13.2. The van der Waals surface area contributed by atoms with Crippen LogP contribution in [-0.2, 0) is 23.9 Å². The molecular formula is C28H38N2O6. The molecule has 3 heterocycles. The minimum atomic E-state index is -1.12. The molecule has 2 bridgehead atoms. The molecule has 4 rings (SSSR count). The average Bonchev–Trinajstić information content (AvgIpc) is 3.52. The number of benzene rings is 1. The van der Waals surface area contributed by atoms with E-state index in [9.17, 15) is 19.5 Å². The first kappa shape index (κ1) is 26.4. The molecule has 3 aliphatic heterocycles. The van der Waals surface area contributed by atoms with Gasteiger partial charge in [-0.2, -0.15) is 0 Å². The summed E-state index contributed by atoms with van der Waals surface area (Å²) in [6, 6.07) is 7.54. The van der Waals surface area contributed by atoms with Gasteiger partial charge in [0, 0.05) is 13.1 Å². The molecule has 3 aliphatic rings. The molecule has 196 valence electrons. The maximum atomic E-state index is 14.3. The fourth-order valence-corrected chi connectivity index (χ4v) is 6.41. The van der Waals surface area contributed by atoms with Crippen molar-refractivity contribution in [1.29, 1.82) is 0 Å². The van der Waals surface area contributed by atoms with Crippen molar-refractivity contribution in [3.8, 4) is 0 Å². The second kappa shape index (κ2) is 11.1. The molecule has 3 saturated heterocycles. The van der Waals surface area contributed by atoms with Gasteiger partial charge in [0.15, 0.2) is 0 Å². The Morgan fingerprint density at radius 3 is 2.69 bits per heavy atom. The molecule has 0 radical (unpaired) electrons. The number of carbonyl (C=O) groups excluding carboxylic acids is 3. The molecule has 0 aliphatic carbocycles. The van der Waals surface area contributed by atoms with E-state index < -0.39 is 41.6 Å². The fourth-order valence-electron chi connectivity index (χ4n) is 6.41. The molecule has 1 aromatic carbocycles. The Morgan fingerprint density at radius 1 is 1.31 bits per heavy atom. The summed E-state index contributed by atoms with van der Waals surface area (Å²) in [5.74, 6) is -2.58. The standard InChI is InChI=1S/C28H38N2O6/c1-4-7-11-17-29(16-5-2)26(33)24-28-15-14-21(36-28)22(27(34)35-6-3)23(28)25(32)30(24)20(18-31)19-12-9-8-10-13-19/h5,8-10,12-13,20-24,31H,2,4,6-7,11,14-18H2,1,3H3/t20-,21-,22+,23+,24?,28?/m1/s1. The number of esters is 1. The first-order chi connectivity index (χ1) is 17.4. The van der Waals surface area contributed by atoms with Gasteiger partial charge in [0.1, 0.15) is 11.6 Å². The molecule has 36 heavy (non-hydrogen) atoms. The summed E-state index contributed by atoms with van der Waals surface area (Å²) in [5.41, 5.74) is -0.395. The molecule has 2 amide bonds. The fraction of sp³-hybridized carbons (Fsp3) is 0.607. The first-order valence-corrected chi connectivity index (χ1v) is 13.2. The van der Waals surface area contributed by atoms with Gasteiger partial charge in [0.05, 0.1) is 37.2 Å². The SMILES string of the molecule is C=CCN(CCCCC)C(=O)C1N([C@H](CO)c2ccccc2)C(=O)[C@@H]2[C@@H](C(=O)OCC)[C@H]3CCC12O3. The van der Waals surface area contributed by atoms with Crippen LogP contribution in [0.25, 0.3) is 0 Å². The minimum Gasteiger partial charge on any atom is -0.466 e. The van der Waals surface area contributed by atoms with Gasteiger partial charge in [-0.25, -0.2) is 0 Å². The van der Waals surface area contributed by atoms with E-state index in [4.69, 9.17) is 9.47 Å². The van der Waals surface area contributed by atoms with E-state index in [1.165, 1.54) is 4.90 Å². The van der Waals surface area contributed by atoms with Crippen molar-refractivity contribution in [2.45, 2.75) is 69.7 Å². The molecule has 1 aromatic rings. The number of rotatable bonds is 12. The minimum absolute atomic E-state index is 0.204. The highest BCUT2D eigenvalue weighted by molar-refractivity contribution is 5.98. The Bertz CT molecular complexity index is 968. The summed E-state index contributed by atoms with van der Waals surface area (Å²) in [6.45, 7) is 8.41. The lowest BCUT2D eigenvalue weighted by molar-refractivity contribution is -0.156. The quantitative estimate of drug-likeness (QED) is 0.270. The summed E-state index contributed by atoms with van der Waals surface area (Å²) in [5, 5.41) is 10.5. The molecule has 0 aromatic heterocycles. The molecule has 3 fully saturated rings. The lowest BCUT2D eigenvalue weighted by atomic mass is 9.70. The molecule has 2 unspecified atom stereocenters. The van der Waals surface area contributed by atoms with E-state index in [1.807, 2.05) is 30.3 Å². The van der Waals surface area contributed by atoms with Gasteiger partial charge in [0.2, 0.25) is 11.8 Å². The van der Waals surface area contributed by atoms with Crippen LogP contribution in [0.5, 0.6) is 0 Å². The number of likely N-dealkylation sites (tertiary alicyclic amines) is 1. The van der Waals surface area contributed by atoms with E-state index in [0.717, 1.165) is 24.8 Å². The number of fused-ring (bicyclic) bond motifs is 1. The number of nitrogens with zero attached hydrogens (tertiary/aromatic N) is 2. The van der Waals surface area contributed by atoms with Gasteiger partial charge in [-0.15, -0.1) is 6.58 Å². The number of unbranched alkanes of at least 4 members (excludes halogenated alkanes) is 2. The Balaban J connectivity index is 1.78. The zero-order chi connectivity index (χ0) is 25.9. The van der Waals surface area contributed by atoms with E-state index in [1.54, 1.807) is 17.9 Å². The Kier molecular flexibility index (Phi) is 8.15. The third-order valence-electron chi connectivity index (χ3n) is 7.92. The molecule has 1 N–H and O–H groups in total. The summed E-state index contributed by atoms with van der Waals surface area (Å²) >= 11 is 0. The van der Waals surface area contributed by atoms with Crippen LogP contribution >= 0.6 is 0 Å². The number of ether oxygens (including phenoxy) is 2. The summed E-state index contributed by atoms with van der Waals surface area (Å²) in [4.78, 5) is 44.7. The van der Waals surface area contributed by atoms with Crippen LogP contribution in [0.2, 0.25) is 0 Å². The van der Waals surface area contributed by atoms with Crippen LogP contribution in [-0.4, -0.2) is 76.7 Å². The lowest BCUT2D eigenvalue weighted by Gasteiger charge is -2.39. The van der Waals surface area contributed by atoms with Crippen molar-refractivity contribution in [2.75, 3.05) is 26.3 Å². The predicted octanol–water partition coefficient (Wildman–Crippen LogP) is 2.86. The molecule has 8 nitrogen and oxygen atoms in total. The molecular weight excluding hydrogens is 460 g/mol. The van der Waals surface area contributed by atoms with Crippen molar-refractivity contribution in [3.63, 3.8) is 0 Å². The maximum absolute atomic E-state index is 14.3. The van der Waals surface area contributed by atoms with Crippen molar-refractivity contribution in [2.24, 2.45) is 11.8 Å². The summed E-state index contributed by atoms with van der Waals surface area (Å²) in [6.07, 6.45) is 5.15. The van der Waals surface area contributed by atoms with Crippen LogP contribution in [0, 0.1) is 11.8 Å². The Morgan fingerprint density at radius 2 is 2.06 bits per heavy atom. The van der Waals surface area contributed by atoms with Gasteiger partial charge in [-0.1, -0.05) is 56.2 Å². The Labute approximate surface area is 213 Å². The second-order valence-corrected chi connectivity index (χ2v) is 9.94. The molecule has 6 atom stereocenters. The number of hydrogen-bond acceptors (Lipinski definition) is 6. The monoisotopic (exact) mass is 498 g/mol. The molecule has 1 spiro atoms. The van der Waals surface area contributed by atoms with E-state index in [-0.39, 0.29) is 25.0 Å². The Hall–Kier alpha value is -2.71. The smallest absolute Gasteiger partial charge is 0.312 e. The van der Waals surface area contributed by atoms with Crippen LogP contribution in [0.4, 0.5) is 0 Å². The highest BCUT2D eigenvalue weighted by Crippen LogP contribution is 2.60. The second-order valence-electron chi connectivity index (χ2n) is 9.94. The normalized spacial score (nSPS) is 29.2. The van der Waals surface area contributed by atoms with E-state index >= 15 is 0 Å².